The number of nitro groups is 1. The standard InChI is InChI=1S/C23H18N2O3S/c26-23(19-11-6-14-29-19)22-20(16-8-2-1-3-9-16)21(25(27)28)18-13-12-15-7-4-5-10-17(15)24(18)22/h1-14,18,20-22H/t18-,20-,21-,22-/m0/s1. The molecule has 1 fully saturated rings. The van der Waals surface area contributed by atoms with Crippen molar-refractivity contribution in [3.05, 3.63) is 104 Å². The van der Waals surface area contributed by atoms with Gasteiger partial charge in [-0.3, -0.25) is 14.9 Å². The van der Waals surface area contributed by atoms with E-state index in [2.05, 4.69) is 0 Å². The second kappa shape index (κ2) is 6.97. The Balaban J connectivity index is 1.73. The number of benzene rings is 2. The summed E-state index contributed by atoms with van der Waals surface area (Å²) in [6.45, 7) is 0. The quantitative estimate of drug-likeness (QED) is 0.362. The zero-order valence-corrected chi connectivity index (χ0v) is 16.2. The van der Waals surface area contributed by atoms with Crippen molar-refractivity contribution in [3.8, 4) is 0 Å². The third-order valence-electron chi connectivity index (χ3n) is 5.83. The van der Waals surface area contributed by atoms with E-state index in [0.29, 0.717) is 4.88 Å². The number of fused-ring (bicyclic) bond motifs is 3. The van der Waals surface area contributed by atoms with Crippen LogP contribution in [0.15, 0.2) is 78.2 Å². The molecule has 2 aliphatic heterocycles. The Kier molecular flexibility index (Phi) is 4.28. The van der Waals surface area contributed by atoms with E-state index in [-0.39, 0.29) is 10.7 Å². The van der Waals surface area contributed by atoms with Gasteiger partial charge in [0.2, 0.25) is 6.04 Å². The summed E-state index contributed by atoms with van der Waals surface area (Å²) in [5, 5.41) is 14.1. The van der Waals surface area contributed by atoms with Gasteiger partial charge in [-0.25, -0.2) is 0 Å². The second-order valence-electron chi connectivity index (χ2n) is 7.31. The SMILES string of the molecule is O=C(c1cccs1)[C@@H]1[C@@H](c2ccccc2)[C@@H]([N+](=O)[O-])[C@@H]2C=Cc3ccccc3N12. The van der Waals surface area contributed by atoms with E-state index in [4.69, 9.17) is 0 Å². The molecule has 2 aliphatic rings. The molecule has 144 valence electrons. The number of hydrogen-bond donors (Lipinski definition) is 0. The Bertz CT molecular complexity index is 1090. The molecule has 0 saturated carbocycles. The van der Waals surface area contributed by atoms with Crippen LogP contribution in [0, 0.1) is 10.1 Å². The lowest BCUT2D eigenvalue weighted by Crippen LogP contribution is -2.44. The molecule has 0 aliphatic carbocycles. The van der Waals surface area contributed by atoms with Crippen molar-refractivity contribution in [2.24, 2.45) is 0 Å². The van der Waals surface area contributed by atoms with Crippen molar-refractivity contribution in [3.63, 3.8) is 0 Å². The van der Waals surface area contributed by atoms with E-state index >= 15 is 0 Å². The molecule has 2 aromatic carbocycles. The molecule has 5 nitrogen and oxygen atoms in total. The summed E-state index contributed by atoms with van der Waals surface area (Å²) < 4.78 is 0. The predicted molar refractivity (Wildman–Crippen MR) is 114 cm³/mol. The van der Waals surface area contributed by atoms with Crippen LogP contribution in [-0.2, 0) is 0 Å². The molecule has 1 aromatic heterocycles. The Morgan fingerprint density at radius 1 is 1.00 bits per heavy atom. The first-order valence-electron chi connectivity index (χ1n) is 9.48. The summed E-state index contributed by atoms with van der Waals surface area (Å²) in [5.74, 6) is -0.602. The van der Waals surface area contributed by atoms with Crippen molar-refractivity contribution in [2.45, 2.75) is 24.0 Å². The third kappa shape index (κ3) is 2.79. The number of carbonyl (C=O) groups is 1. The van der Waals surface area contributed by atoms with Crippen LogP contribution in [-0.4, -0.2) is 28.8 Å². The summed E-state index contributed by atoms with van der Waals surface area (Å²) in [6, 6.07) is 18.8. The minimum atomic E-state index is -0.907. The Morgan fingerprint density at radius 3 is 2.48 bits per heavy atom. The van der Waals surface area contributed by atoms with E-state index < -0.39 is 24.0 Å². The highest BCUT2D eigenvalue weighted by molar-refractivity contribution is 7.12. The number of ketones is 1. The van der Waals surface area contributed by atoms with Crippen LogP contribution < -0.4 is 4.90 Å². The fraction of sp³-hybridized carbons (Fsp3) is 0.174. The highest BCUT2D eigenvalue weighted by Gasteiger charge is 2.58. The zero-order chi connectivity index (χ0) is 20.0. The van der Waals surface area contributed by atoms with Crippen molar-refractivity contribution in [2.75, 3.05) is 4.90 Å². The fourth-order valence-corrected chi connectivity index (χ4v) is 5.37. The van der Waals surface area contributed by atoms with Crippen molar-refractivity contribution >= 4 is 28.9 Å². The highest BCUT2D eigenvalue weighted by atomic mass is 32.1. The van der Waals surface area contributed by atoms with Gasteiger partial charge < -0.3 is 4.90 Å². The van der Waals surface area contributed by atoms with Crippen molar-refractivity contribution in [1.29, 1.82) is 0 Å². The monoisotopic (exact) mass is 402 g/mol. The molecule has 4 atom stereocenters. The van der Waals surface area contributed by atoms with Crippen LogP contribution in [0.4, 0.5) is 5.69 Å². The van der Waals surface area contributed by atoms with E-state index in [9.17, 15) is 14.9 Å². The first kappa shape index (κ1) is 17.8. The maximum Gasteiger partial charge on any atom is 0.245 e. The van der Waals surface area contributed by atoms with Crippen molar-refractivity contribution in [1.82, 2.24) is 0 Å². The van der Waals surface area contributed by atoms with Crippen LogP contribution in [0.2, 0.25) is 0 Å². The molecule has 0 N–H and O–H groups in total. The summed E-state index contributed by atoms with van der Waals surface area (Å²) in [5.41, 5.74) is 2.67. The van der Waals surface area contributed by atoms with Gasteiger partial charge in [-0.05, 0) is 28.6 Å². The normalized spacial score (nSPS) is 24.8. The van der Waals surface area contributed by atoms with Crippen LogP contribution >= 0.6 is 11.3 Å². The minimum absolute atomic E-state index is 0.0618. The molecule has 0 bridgehead atoms. The zero-order valence-electron chi connectivity index (χ0n) is 15.4. The number of rotatable bonds is 4. The molecule has 5 rings (SSSR count). The number of nitrogens with zero attached hydrogens (tertiary/aromatic N) is 2. The van der Waals surface area contributed by atoms with Gasteiger partial charge in [-0.1, -0.05) is 66.7 Å². The number of para-hydroxylation sites is 1. The van der Waals surface area contributed by atoms with Crippen LogP contribution in [0.25, 0.3) is 6.08 Å². The van der Waals surface area contributed by atoms with Crippen molar-refractivity contribution < 1.29 is 9.72 Å². The maximum atomic E-state index is 13.6. The lowest BCUT2D eigenvalue weighted by Gasteiger charge is -2.34. The Labute approximate surface area is 172 Å². The molecule has 6 heteroatoms. The van der Waals surface area contributed by atoms with E-state index in [1.165, 1.54) is 11.3 Å². The van der Waals surface area contributed by atoms with Crippen LogP contribution in [0.5, 0.6) is 0 Å². The third-order valence-corrected chi connectivity index (χ3v) is 6.71. The van der Waals surface area contributed by atoms with Crippen LogP contribution in [0.3, 0.4) is 0 Å². The van der Waals surface area contributed by atoms with Gasteiger partial charge in [0.15, 0.2) is 5.78 Å². The maximum absolute atomic E-state index is 13.6. The molecular formula is C23H18N2O3S. The lowest BCUT2D eigenvalue weighted by atomic mass is 9.85. The smallest absolute Gasteiger partial charge is 0.245 e. The van der Waals surface area contributed by atoms with Gasteiger partial charge in [0, 0.05) is 10.6 Å². The molecule has 3 aromatic rings. The van der Waals surface area contributed by atoms with E-state index in [1.54, 1.807) is 6.07 Å². The number of carbonyl (C=O) groups excluding carboxylic acids is 1. The predicted octanol–water partition coefficient (Wildman–Crippen LogP) is 4.64. The molecule has 3 heterocycles. The Hall–Kier alpha value is -3.25. The lowest BCUT2D eigenvalue weighted by molar-refractivity contribution is -0.524. The van der Waals surface area contributed by atoms with Gasteiger partial charge in [-0.15, -0.1) is 11.3 Å². The number of thiophene rings is 1. The molecule has 1 saturated heterocycles. The van der Waals surface area contributed by atoms with Gasteiger partial charge >= 0.3 is 0 Å². The Morgan fingerprint density at radius 2 is 1.76 bits per heavy atom. The van der Waals surface area contributed by atoms with Gasteiger partial charge in [0.05, 0.1) is 10.8 Å². The largest absolute Gasteiger partial charge is 0.346 e. The first-order chi connectivity index (χ1) is 14.2. The number of hydrogen-bond acceptors (Lipinski definition) is 5. The second-order valence-corrected chi connectivity index (χ2v) is 8.26. The average Bonchev–Trinajstić information content (AvgIpc) is 3.40. The van der Waals surface area contributed by atoms with Gasteiger partial charge in [0.1, 0.15) is 12.1 Å². The van der Waals surface area contributed by atoms with E-state index in [1.807, 2.05) is 83.1 Å². The van der Waals surface area contributed by atoms with Gasteiger partial charge in [-0.2, -0.15) is 0 Å². The summed E-state index contributed by atoms with van der Waals surface area (Å²) in [4.78, 5) is 28.3. The molecular weight excluding hydrogens is 384 g/mol. The first-order valence-corrected chi connectivity index (χ1v) is 10.4. The van der Waals surface area contributed by atoms with E-state index in [0.717, 1.165) is 16.8 Å². The van der Waals surface area contributed by atoms with Gasteiger partial charge in [0.25, 0.3) is 0 Å². The topological polar surface area (TPSA) is 63.4 Å². The van der Waals surface area contributed by atoms with Crippen LogP contribution in [0.1, 0.15) is 26.7 Å². The number of Topliss-reactive ketones (excluding diaryl/α,β-unsaturated/α-hetero) is 1. The highest BCUT2D eigenvalue weighted by Crippen LogP contribution is 2.47. The molecule has 29 heavy (non-hydrogen) atoms. The summed E-state index contributed by atoms with van der Waals surface area (Å²) in [6.07, 6.45) is 3.82. The minimum Gasteiger partial charge on any atom is -0.346 e. The number of anilines is 1. The molecule has 0 radical (unpaired) electrons. The fourth-order valence-electron chi connectivity index (χ4n) is 4.67. The summed E-state index contributed by atoms with van der Waals surface area (Å²) >= 11 is 1.38. The average molecular weight is 402 g/mol. The molecule has 0 unspecified atom stereocenters. The molecule has 0 spiro atoms. The summed E-state index contributed by atoms with van der Waals surface area (Å²) in [7, 11) is 0. The molecule has 0 amide bonds.